The lowest BCUT2D eigenvalue weighted by molar-refractivity contribution is 0.0433. The minimum absolute atomic E-state index is 0.0839. The lowest BCUT2D eigenvalue weighted by atomic mass is 9.76. The molecule has 3 fully saturated rings. The van der Waals surface area contributed by atoms with Gasteiger partial charge in [-0.2, -0.15) is 0 Å². The lowest BCUT2D eigenvalue weighted by Gasteiger charge is -2.44. The molecule has 23 heavy (non-hydrogen) atoms. The molecule has 122 valence electrons. The van der Waals surface area contributed by atoms with Gasteiger partial charge in [0.05, 0.1) is 7.11 Å². The van der Waals surface area contributed by atoms with Crippen molar-refractivity contribution in [2.45, 2.75) is 19.3 Å². The van der Waals surface area contributed by atoms with Gasteiger partial charge in [-0.25, -0.2) is 0 Å². The lowest BCUT2D eigenvalue weighted by Crippen LogP contribution is -2.47. The Bertz CT molecular complexity index is 744. The van der Waals surface area contributed by atoms with Gasteiger partial charge in [-0.05, 0) is 49.9 Å². The molecule has 3 aliphatic rings. The Labute approximate surface area is 135 Å². The number of benzene rings is 1. The molecule has 3 aliphatic heterocycles. The summed E-state index contributed by atoms with van der Waals surface area (Å²) in [5.41, 5.74) is 7.06. The van der Waals surface area contributed by atoms with Gasteiger partial charge in [-0.15, -0.1) is 0 Å². The average Bonchev–Trinajstić information content (AvgIpc) is 2.99. The number of furan rings is 1. The van der Waals surface area contributed by atoms with E-state index in [1.54, 1.807) is 19.2 Å². The molecule has 0 unspecified atom stereocenters. The molecule has 1 atom stereocenters. The second kappa shape index (κ2) is 5.57. The van der Waals surface area contributed by atoms with Crippen molar-refractivity contribution in [3.63, 3.8) is 0 Å². The minimum Gasteiger partial charge on any atom is -0.493 e. The van der Waals surface area contributed by atoms with E-state index in [0.717, 1.165) is 11.9 Å². The van der Waals surface area contributed by atoms with Gasteiger partial charge in [0.25, 0.3) is 0 Å². The number of carbonyl (C=O) groups is 1. The fourth-order valence-electron chi connectivity index (χ4n) is 4.09. The zero-order valence-electron chi connectivity index (χ0n) is 13.4. The molecule has 5 rings (SSSR count). The molecule has 2 bridgehead atoms. The monoisotopic (exact) mass is 314 g/mol. The van der Waals surface area contributed by atoms with Crippen molar-refractivity contribution in [3.05, 3.63) is 24.0 Å². The van der Waals surface area contributed by atoms with Gasteiger partial charge in [-0.3, -0.25) is 4.79 Å². The Morgan fingerprint density at radius 1 is 1.35 bits per heavy atom. The molecule has 1 aromatic carbocycles. The van der Waals surface area contributed by atoms with Crippen LogP contribution < -0.4 is 10.5 Å². The first kappa shape index (κ1) is 14.6. The van der Waals surface area contributed by atoms with E-state index in [2.05, 4.69) is 4.90 Å². The molecular formula is C18H22N2O3. The van der Waals surface area contributed by atoms with E-state index in [0.29, 0.717) is 41.0 Å². The number of rotatable bonds is 4. The Kier molecular flexibility index (Phi) is 3.53. The van der Waals surface area contributed by atoms with Crippen LogP contribution >= 0.6 is 0 Å². The molecule has 0 spiro atoms. The Morgan fingerprint density at radius 3 is 2.78 bits per heavy atom. The topological polar surface area (TPSA) is 68.7 Å². The van der Waals surface area contributed by atoms with Crippen LogP contribution in [0.4, 0.5) is 5.69 Å². The van der Waals surface area contributed by atoms with Crippen molar-refractivity contribution in [2.75, 3.05) is 32.5 Å². The van der Waals surface area contributed by atoms with Crippen molar-refractivity contribution in [2.24, 2.45) is 11.8 Å². The summed E-state index contributed by atoms with van der Waals surface area (Å²) < 4.78 is 11.1. The SMILES string of the molecule is COc1cc(N)cc2cc(C(=O)C[C@H]3CN4CCC3CC4)oc12. The zero-order chi connectivity index (χ0) is 16.0. The number of piperidine rings is 3. The highest BCUT2D eigenvalue weighted by atomic mass is 16.5. The molecule has 4 heterocycles. The largest absolute Gasteiger partial charge is 0.493 e. The van der Waals surface area contributed by atoms with Gasteiger partial charge in [0.15, 0.2) is 22.9 Å². The molecule has 5 heteroatoms. The second-order valence-corrected chi connectivity index (χ2v) is 6.78. The van der Waals surface area contributed by atoms with Crippen LogP contribution in [0.5, 0.6) is 5.75 Å². The molecule has 0 saturated carbocycles. The maximum atomic E-state index is 12.7. The predicted octanol–water partition coefficient (Wildman–Crippen LogP) is 2.94. The van der Waals surface area contributed by atoms with Crippen molar-refractivity contribution >= 4 is 22.4 Å². The van der Waals surface area contributed by atoms with E-state index in [9.17, 15) is 4.79 Å². The van der Waals surface area contributed by atoms with Crippen molar-refractivity contribution in [1.82, 2.24) is 4.90 Å². The number of nitrogen functional groups attached to an aromatic ring is 1. The van der Waals surface area contributed by atoms with Crippen LogP contribution in [0.2, 0.25) is 0 Å². The van der Waals surface area contributed by atoms with E-state index in [-0.39, 0.29) is 5.78 Å². The molecule has 1 aromatic heterocycles. The molecule has 5 nitrogen and oxygen atoms in total. The van der Waals surface area contributed by atoms with E-state index >= 15 is 0 Å². The number of ketones is 1. The summed E-state index contributed by atoms with van der Waals surface area (Å²) in [5, 5.41) is 0.819. The average molecular weight is 314 g/mol. The first-order valence-corrected chi connectivity index (χ1v) is 8.26. The number of Topliss-reactive ketones (excluding diaryl/α,β-unsaturated/α-hetero) is 1. The summed E-state index contributed by atoms with van der Waals surface area (Å²) >= 11 is 0. The van der Waals surface area contributed by atoms with E-state index in [1.807, 2.05) is 6.07 Å². The van der Waals surface area contributed by atoms with E-state index in [4.69, 9.17) is 14.9 Å². The molecule has 2 aromatic rings. The minimum atomic E-state index is 0.0839. The number of anilines is 1. The van der Waals surface area contributed by atoms with Crippen molar-refractivity contribution in [3.8, 4) is 5.75 Å². The van der Waals surface area contributed by atoms with Gasteiger partial charge in [0.2, 0.25) is 0 Å². The molecule has 0 radical (unpaired) electrons. The summed E-state index contributed by atoms with van der Waals surface area (Å²) in [6.45, 7) is 3.43. The van der Waals surface area contributed by atoms with Gasteiger partial charge in [0.1, 0.15) is 0 Å². The van der Waals surface area contributed by atoms with Gasteiger partial charge in [0, 0.05) is 30.1 Å². The predicted molar refractivity (Wildman–Crippen MR) is 88.8 cm³/mol. The van der Waals surface area contributed by atoms with E-state index < -0.39 is 0 Å². The van der Waals surface area contributed by atoms with Crippen LogP contribution in [-0.2, 0) is 0 Å². The fraction of sp³-hybridized carbons (Fsp3) is 0.500. The van der Waals surface area contributed by atoms with Gasteiger partial charge >= 0.3 is 0 Å². The van der Waals surface area contributed by atoms with Crippen LogP contribution in [0.15, 0.2) is 22.6 Å². The maximum absolute atomic E-state index is 12.7. The van der Waals surface area contributed by atoms with Crippen LogP contribution in [0.1, 0.15) is 29.8 Å². The Morgan fingerprint density at radius 2 is 2.13 bits per heavy atom. The number of carbonyl (C=O) groups excluding carboxylic acids is 1. The summed E-state index contributed by atoms with van der Waals surface area (Å²) in [7, 11) is 1.57. The van der Waals surface area contributed by atoms with Gasteiger partial charge < -0.3 is 19.8 Å². The van der Waals surface area contributed by atoms with Crippen LogP contribution in [0.25, 0.3) is 11.0 Å². The number of nitrogens with two attached hydrogens (primary N) is 1. The summed E-state index contributed by atoms with van der Waals surface area (Å²) in [6, 6.07) is 5.32. The third-order valence-electron chi connectivity index (χ3n) is 5.34. The first-order valence-electron chi connectivity index (χ1n) is 8.26. The number of ether oxygens (including phenoxy) is 1. The number of methoxy groups -OCH3 is 1. The Balaban J connectivity index is 1.58. The van der Waals surface area contributed by atoms with Gasteiger partial charge in [-0.1, -0.05) is 0 Å². The number of hydrogen-bond donors (Lipinski definition) is 1. The maximum Gasteiger partial charge on any atom is 0.198 e. The zero-order valence-corrected chi connectivity index (χ0v) is 13.4. The summed E-state index contributed by atoms with van der Waals surface area (Å²) in [6.07, 6.45) is 3.02. The number of nitrogens with zero attached hydrogens (tertiary/aromatic N) is 1. The molecular weight excluding hydrogens is 292 g/mol. The summed E-state index contributed by atoms with van der Waals surface area (Å²) in [5.74, 6) is 2.23. The Hall–Kier alpha value is -2.01. The number of fused-ring (bicyclic) bond motifs is 4. The highest BCUT2D eigenvalue weighted by Crippen LogP contribution is 2.36. The third kappa shape index (κ3) is 2.59. The molecule has 2 N–H and O–H groups in total. The van der Waals surface area contributed by atoms with Crippen LogP contribution in [0, 0.1) is 11.8 Å². The standard InChI is InChI=1S/C18H22N2O3/c1-22-17-9-14(19)6-12-8-16(23-18(12)17)15(21)7-13-10-20-4-2-11(13)3-5-20/h6,8-9,11,13H,2-5,7,10,19H2,1H3/t13-/m0/s1. The van der Waals surface area contributed by atoms with Crippen LogP contribution in [-0.4, -0.2) is 37.4 Å². The quantitative estimate of drug-likeness (QED) is 0.694. The molecule has 3 saturated heterocycles. The van der Waals surface area contributed by atoms with Crippen molar-refractivity contribution in [1.29, 1.82) is 0 Å². The third-order valence-corrected chi connectivity index (χ3v) is 5.34. The van der Waals surface area contributed by atoms with Crippen molar-refractivity contribution < 1.29 is 13.9 Å². The normalized spacial score (nSPS) is 26.6. The highest BCUT2D eigenvalue weighted by molar-refractivity contribution is 5.99. The number of hydrogen-bond acceptors (Lipinski definition) is 5. The second-order valence-electron chi connectivity index (χ2n) is 6.78. The fourth-order valence-corrected chi connectivity index (χ4v) is 4.09. The smallest absolute Gasteiger partial charge is 0.198 e. The summed E-state index contributed by atoms with van der Waals surface area (Å²) in [4.78, 5) is 15.1. The van der Waals surface area contributed by atoms with E-state index in [1.165, 1.54) is 25.9 Å². The molecule has 0 aliphatic carbocycles. The first-order chi connectivity index (χ1) is 11.1. The molecule has 0 amide bonds. The highest BCUT2D eigenvalue weighted by Gasteiger charge is 2.35. The van der Waals surface area contributed by atoms with Crippen LogP contribution in [0.3, 0.4) is 0 Å².